The van der Waals surface area contributed by atoms with E-state index in [1.54, 1.807) is 30.3 Å². The Morgan fingerprint density at radius 3 is 2.18 bits per heavy atom. The number of carbonyl (C=O) groups excluding carboxylic acids is 2. The fourth-order valence-corrected chi connectivity index (χ4v) is 1.95. The van der Waals surface area contributed by atoms with E-state index in [0.29, 0.717) is 17.7 Å². The van der Waals surface area contributed by atoms with Crippen LogP contribution in [0.1, 0.15) is 26.3 Å². The molecule has 0 saturated carbocycles. The first-order chi connectivity index (χ1) is 10.6. The number of rotatable bonds is 5. The minimum absolute atomic E-state index is 0.356. The second-order valence-electron chi connectivity index (χ2n) is 4.61. The van der Waals surface area contributed by atoms with Crippen LogP contribution in [0.3, 0.4) is 0 Å². The summed E-state index contributed by atoms with van der Waals surface area (Å²) in [6.07, 6.45) is 0. The SMILES string of the molecule is COC(=O)c1ccc(CNc2cccc(C(=O)OC)c2)cc1. The van der Waals surface area contributed by atoms with Crippen molar-refractivity contribution in [3.05, 3.63) is 65.2 Å². The fourth-order valence-electron chi connectivity index (χ4n) is 1.95. The highest BCUT2D eigenvalue weighted by atomic mass is 16.5. The van der Waals surface area contributed by atoms with Gasteiger partial charge in [0, 0.05) is 12.2 Å². The summed E-state index contributed by atoms with van der Waals surface area (Å²) in [7, 11) is 2.71. The molecule has 0 atom stereocenters. The molecule has 1 N–H and O–H groups in total. The van der Waals surface area contributed by atoms with E-state index in [1.807, 2.05) is 18.2 Å². The van der Waals surface area contributed by atoms with E-state index < -0.39 is 0 Å². The molecule has 0 radical (unpaired) electrons. The summed E-state index contributed by atoms with van der Waals surface area (Å²) >= 11 is 0. The maximum Gasteiger partial charge on any atom is 0.337 e. The lowest BCUT2D eigenvalue weighted by atomic mass is 10.1. The van der Waals surface area contributed by atoms with Gasteiger partial charge in [0.25, 0.3) is 0 Å². The lowest BCUT2D eigenvalue weighted by Gasteiger charge is -2.08. The average molecular weight is 299 g/mol. The summed E-state index contributed by atoms with van der Waals surface area (Å²) in [4.78, 5) is 22.8. The van der Waals surface area contributed by atoms with Crippen molar-refractivity contribution >= 4 is 17.6 Å². The first-order valence-electron chi connectivity index (χ1n) is 6.73. The van der Waals surface area contributed by atoms with Gasteiger partial charge in [-0.05, 0) is 35.9 Å². The molecule has 0 amide bonds. The van der Waals surface area contributed by atoms with E-state index >= 15 is 0 Å². The summed E-state index contributed by atoms with van der Waals surface area (Å²) in [5, 5.41) is 3.22. The number of esters is 2. The molecule has 5 nitrogen and oxygen atoms in total. The Morgan fingerprint density at radius 1 is 0.909 bits per heavy atom. The van der Waals surface area contributed by atoms with Gasteiger partial charge in [0.15, 0.2) is 0 Å². The first-order valence-corrected chi connectivity index (χ1v) is 6.73. The molecule has 0 aliphatic heterocycles. The lowest BCUT2D eigenvalue weighted by Crippen LogP contribution is -2.04. The number of hydrogen-bond donors (Lipinski definition) is 1. The molecule has 0 fully saturated rings. The quantitative estimate of drug-likeness (QED) is 0.860. The molecular formula is C17H17NO4. The molecule has 2 aromatic carbocycles. The highest BCUT2D eigenvalue weighted by molar-refractivity contribution is 5.90. The Balaban J connectivity index is 2.01. The second-order valence-corrected chi connectivity index (χ2v) is 4.61. The normalized spacial score (nSPS) is 9.91. The third-order valence-electron chi connectivity index (χ3n) is 3.16. The van der Waals surface area contributed by atoms with Crippen LogP contribution in [0.2, 0.25) is 0 Å². The molecule has 0 aliphatic rings. The van der Waals surface area contributed by atoms with Crippen LogP contribution < -0.4 is 5.32 Å². The number of benzene rings is 2. The molecule has 2 aromatic rings. The molecule has 0 heterocycles. The molecule has 0 bridgehead atoms. The number of carbonyl (C=O) groups is 2. The maximum absolute atomic E-state index is 11.5. The van der Waals surface area contributed by atoms with Gasteiger partial charge in [-0.2, -0.15) is 0 Å². The van der Waals surface area contributed by atoms with Crippen LogP contribution in [0.4, 0.5) is 5.69 Å². The monoisotopic (exact) mass is 299 g/mol. The molecule has 0 aliphatic carbocycles. The smallest absolute Gasteiger partial charge is 0.337 e. The Morgan fingerprint density at radius 2 is 1.55 bits per heavy atom. The highest BCUT2D eigenvalue weighted by Crippen LogP contribution is 2.13. The second kappa shape index (κ2) is 7.26. The van der Waals surface area contributed by atoms with Gasteiger partial charge < -0.3 is 14.8 Å². The van der Waals surface area contributed by atoms with E-state index in [0.717, 1.165) is 11.3 Å². The summed E-state index contributed by atoms with van der Waals surface area (Å²) in [6.45, 7) is 0.575. The van der Waals surface area contributed by atoms with E-state index in [1.165, 1.54) is 14.2 Å². The summed E-state index contributed by atoms with van der Waals surface area (Å²) in [6, 6.07) is 14.2. The fraction of sp³-hybridized carbons (Fsp3) is 0.176. The van der Waals surface area contributed by atoms with Crippen molar-refractivity contribution in [1.82, 2.24) is 0 Å². The lowest BCUT2D eigenvalue weighted by molar-refractivity contribution is 0.0592. The van der Waals surface area contributed by atoms with Gasteiger partial charge in [-0.3, -0.25) is 0 Å². The summed E-state index contributed by atoms with van der Waals surface area (Å²) in [5.41, 5.74) is 2.84. The molecule has 114 valence electrons. The number of methoxy groups -OCH3 is 2. The highest BCUT2D eigenvalue weighted by Gasteiger charge is 2.06. The minimum Gasteiger partial charge on any atom is -0.465 e. The van der Waals surface area contributed by atoms with Crippen LogP contribution in [0.25, 0.3) is 0 Å². The van der Waals surface area contributed by atoms with Gasteiger partial charge >= 0.3 is 11.9 Å². The zero-order chi connectivity index (χ0) is 15.9. The third-order valence-corrected chi connectivity index (χ3v) is 3.16. The van der Waals surface area contributed by atoms with Crippen molar-refractivity contribution in [3.8, 4) is 0 Å². The number of hydrogen-bond acceptors (Lipinski definition) is 5. The maximum atomic E-state index is 11.5. The van der Waals surface area contributed by atoms with Crippen LogP contribution in [0, 0.1) is 0 Å². The van der Waals surface area contributed by atoms with Crippen molar-refractivity contribution in [3.63, 3.8) is 0 Å². The van der Waals surface area contributed by atoms with Crippen LogP contribution in [0.15, 0.2) is 48.5 Å². The zero-order valence-electron chi connectivity index (χ0n) is 12.5. The minimum atomic E-state index is -0.369. The van der Waals surface area contributed by atoms with Gasteiger partial charge in [-0.1, -0.05) is 18.2 Å². The van der Waals surface area contributed by atoms with Gasteiger partial charge in [0.2, 0.25) is 0 Å². The van der Waals surface area contributed by atoms with Gasteiger partial charge in [0.05, 0.1) is 25.3 Å². The van der Waals surface area contributed by atoms with Gasteiger partial charge in [0.1, 0.15) is 0 Å². The molecule has 2 rings (SSSR count). The topological polar surface area (TPSA) is 64.6 Å². The molecule has 22 heavy (non-hydrogen) atoms. The van der Waals surface area contributed by atoms with Crippen LogP contribution >= 0.6 is 0 Å². The van der Waals surface area contributed by atoms with Crippen molar-refractivity contribution in [2.75, 3.05) is 19.5 Å². The number of anilines is 1. The predicted molar refractivity (Wildman–Crippen MR) is 82.9 cm³/mol. The van der Waals surface area contributed by atoms with Gasteiger partial charge in [-0.15, -0.1) is 0 Å². The van der Waals surface area contributed by atoms with E-state index in [-0.39, 0.29) is 11.9 Å². The Hall–Kier alpha value is -2.82. The predicted octanol–water partition coefficient (Wildman–Crippen LogP) is 2.87. The number of nitrogens with one attached hydrogen (secondary N) is 1. The van der Waals surface area contributed by atoms with Crippen molar-refractivity contribution in [1.29, 1.82) is 0 Å². The first kappa shape index (κ1) is 15.6. The molecular weight excluding hydrogens is 282 g/mol. The zero-order valence-corrected chi connectivity index (χ0v) is 12.5. The molecule has 0 saturated heterocycles. The van der Waals surface area contributed by atoms with Crippen molar-refractivity contribution in [2.45, 2.75) is 6.54 Å². The van der Waals surface area contributed by atoms with E-state index in [2.05, 4.69) is 14.8 Å². The molecule has 0 aromatic heterocycles. The largest absolute Gasteiger partial charge is 0.465 e. The van der Waals surface area contributed by atoms with Gasteiger partial charge in [-0.25, -0.2) is 9.59 Å². The standard InChI is InChI=1S/C17H17NO4/c1-21-16(19)13-8-6-12(7-9-13)11-18-15-5-3-4-14(10-15)17(20)22-2/h3-10,18H,11H2,1-2H3. The van der Waals surface area contributed by atoms with Crippen molar-refractivity contribution in [2.24, 2.45) is 0 Å². The Kier molecular flexibility index (Phi) is 5.14. The Labute approximate surface area is 128 Å². The molecule has 5 heteroatoms. The van der Waals surface area contributed by atoms with Crippen molar-refractivity contribution < 1.29 is 19.1 Å². The summed E-state index contributed by atoms with van der Waals surface area (Å²) < 4.78 is 9.34. The van der Waals surface area contributed by atoms with Crippen LogP contribution in [-0.4, -0.2) is 26.2 Å². The number of ether oxygens (including phenoxy) is 2. The van der Waals surface area contributed by atoms with Crippen LogP contribution in [-0.2, 0) is 16.0 Å². The average Bonchev–Trinajstić information content (AvgIpc) is 2.59. The third kappa shape index (κ3) is 3.85. The Bertz CT molecular complexity index is 665. The molecule has 0 spiro atoms. The van der Waals surface area contributed by atoms with E-state index in [9.17, 15) is 9.59 Å². The summed E-state index contributed by atoms with van der Waals surface area (Å²) in [5.74, 6) is -0.726. The molecule has 0 unspecified atom stereocenters. The van der Waals surface area contributed by atoms with Crippen LogP contribution in [0.5, 0.6) is 0 Å². The van der Waals surface area contributed by atoms with E-state index in [4.69, 9.17) is 0 Å².